The zero-order valence-corrected chi connectivity index (χ0v) is 12.1. The van der Waals surface area contributed by atoms with Crippen molar-refractivity contribution >= 4 is 23.4 Å². The van der Waals surface area contributed by atoms with Gasteiger partial charge in [0.1, 0.15) is 5.75 Å². The summed E-state index contributed by atoms with van der Waals surface area (Å²) in [4.78, 5) is 26.2. The summed E-state index contributed by atoms with van der Waals surface area (Å²) in [6, 6.07) is 8.30. The molecule has 0 saturated carbocycles. The number of Topliss-reactive ketones (excluding diaryl/α,β-unsaturated/α-hetero) is 1. The highest BCUT2D eigenvalue weighted by atomic mass is 35.5. The van der Waals surface area contributed by atoms with Crippen LogP contribution in [0.25, 0.3) is 0 Å². The molecule has 0 atom stereocenters. The summed E-state index contributed by atoms with van der Waals surface area (Å²) < 4.78 is 10.1. The summed E-state index contributed by atoms with van der Waals surface area (Å²) >= 11 is 5.89. The third-order valence-corrected chi connectivity index (χ3v) is 3.07. The van der Waals surface area contributed by atoms with Crippen LogP contribution in [0.1, 0.15) is 16.1 Å². The minimum atomic E-state index is -0.518. The summed E-state index contributed by atoms with van der Waals surface area (Å²) in [5.41, 5.74) is 1.02. The van der Waals surface area contributed by atoms with E-state index in [9.17, 15) is 9.59 Å². The monoisotopic (exact) mass is 307 g/mol. The number of halogens is 1. The fourth-order valence-electron chi connectivity index (χ4n) is 1.82. The zero-order valence-electron chi connectivity index (χ0n) is 11.4. The number of benzene rings is 1. The average Bonchev–Trinajstić information content (AvgIpc) is 2.99. The first-order valence-corrected chi connectivity index (χ1v) is 6.62. The molecule has 2 aromatic rings. The molecule has 0 amide bonds. The number of hydrogen-bond donors (Lipinski definition) is 1. The molecule has 1 aromatic heterocycles. The van der Waals surface area contributed by atoms with Gasteiger partial charge in [0.25, 0.3) is 0 Å². The number of aromatic amines is 1. The first kappa shape index (κ1) is 15.1. The predicted molar refractivity (Wildman–Crippen MR) is 77.8 cm³/mol. The van der Waals surface area contributed by atoms with Crippen molar-refractivity contribution in [1.29, 1.82) is 0 Å². The van der Waals surface area contributed by atoms with Gasteiger partial charge in [0.05, 0.1) is 19.2 Å². The van der Waals surface area contributed by atoms with Gasteiger partial charge in [-0.25, -0.2) is 0 Å². The van der Waals surface area contributed by atoms with E-state index in [0.29, 0.717) is 22.0 Å². The Morgan fingerprint density at radius 3 is 2.76 bits per heavy atom. The fraction of sp³-hybridized carbons (Fsp3) is 0.200. The highest BCUT2D eigenvalue weighted by Crippen LogP contribution is 2.23. The molecule has 21 heavy (non-hydrogen) atoms. The van der Waals surface area contributed by atoms with E-state index in [1.807, 2.05) is 0 Å². The van der Waals surface area contributed by atoms with Crippen molar-refractivity contribution in [3.63, 3.8) is 0 Å². The van der Waals surface area contributed by atoms with Crippen LogP contribution in [-0.2, 0) is 16.0 Å². The van der Waals surface area contributed by atoms with E-state index >= 15 is 0 Å². The first-order valence-electron chi connectivity index (χ1n) is 6.25. The minimum Gasteiger partial charge on any atom is -0.496 e. The smallest absolute Gasteiger partial charge is 0.310 e. The van der Waals surface area contributed by atoms with Gasteiger partial charge in [-0.3, -0.25) is 9.59 Å². The number of esters is 1. The molecule has 1 heterocycles. The molecule has 0 radical (unpaired) electrons. The Bertz CT molecular complexity index is 637. The Balaban J connectivity index is 1.93. The van der Waals surface area contributed by atoms with Crippen LogP contribution in [0, 0.1) is 0 Å². The molecule has 0 saturated heterocycles. The predicted octanol–water partition coefficient (Wildman–Crippen LogP) is 2.65. The van der Waals surface area contributed by atoms with Gasteiger partial charge >= 0.3 is 5.97 Å². The lowest BCUT2D eigenvalue weighted by atomic mass is 10.1. The number of methoxy groups -OCH3 is 1. The van der Waals surface area contributed by atoms with E-state index in [0.717, 1.165) is 0 Å². The summed E-state index contributed by atoms with van der Waals surface area (Å²) in [7, 11) is 1.51. The van der Waals surface area contributed by atoms with E-state index in [1.165, 1.54) is 7.11 Å². The van der Waals surface area contributed by atoms with Crippen LogP contribution in [0.4, 0.5) is 0 Å². The molecule has 0 aliphatic carbocycles. The van der Waals surface area contributed by atoms with E-state index < -0.39 is 5.97 Å². The summed E-state index contributed by atoms with van der Waals surface area (Å²) in [5.74, 6) is -0.256. The number of hydrogen-bond acceptors (Lipinski definition) is 4. The molecule has 0 spiro atoms. The topological polar surface area (TPSA) is 68.4 Å². The summed E-state index contributed by atoms with van der Waals surface area (Å²) in [6.45, 7) is -0.303. The maximum atomic E-state index is 11.8. The number of carbonyl (C=O) groups excluding carboxylic acids is 2. The van der Waals surface area contributed by atoms with Gasteiger partial charge in [0, 0.05) is 16.8 Å². The number of ketones is 1. The molecule has 1 aromatic carbocycles. The Morgan fingerprint density at radius 1 is 1.29 bits per heavy atom. The lowest BCUT2D eigenvalue weighted by molar-refractivity contribution is -0.141. The van der Waals surface area contributed by atoms with Crippen molar-refractivity contribution < 1.29 is 19.1 Å². The first-order chi connectivity index (χ1) is 10.1. The number of rotatable bonds is 6. The Labute approximate surface area is 126 Å². The van der Waals surface area contributed by atoms with E-state index in [1.54, 1.807) is 36.5 Å². The SMILES string of the molecule is COc1ccc(Cl)cc1CC(=O)OCC(=O)c1ccc[nH]1. The molecular formula is C15H14ClNO4. The molecule has 1 N–H and O–H groups in total. The molecule has 0 unspecified atom stereocenters. The average molecular weight is 308 g/mol. The zero-order chi connectivity index (χ0) is 15.2. The molecule has 110 valence electrons. The van der Waals surface area contributed by atoms with Crippen LogP contribution in [0.15, 0.2) is 36.5 Å². The van der Waals surface area contributed by atoms with Crippen molar-refractivity contribution in [3.05, 3.63) is 52.8 Å². The van der Waals surface area contributed by atoms with E-state index in [2.05, 4.69) is 4.98 Å². The lowest BCUT2D eigenvalue weighted by Gasteiger charge is -2.08. The van der Waals surface area contributed by atoms with Gasteiger partial charge in [0.2, 0.25) is 5.78 Å². The van der Waals surface area contributed by atoms with Crippen LogP contribution in [0.2, 0.25) is 5.02 Å². The maximum absolute atomic E-state index is 11.8. The van der Waals surface area contributed by atoms with Crippen LogP contribution in [0.5, 0.6) is 5.75 Å². The number of aromatic nitrogens is 1. The van der Waals surface area contributed by atoms with Gasteiger partial charge in [-0.05, 0) is 30.3 Å². The second-order valence-electron chi connectivity index (χ2n) is 4.30. The van der Waals surface area contributed by atoms with Crippen molar-refractivity contribution in [3.8, 4) is 5.75 Å². The summed E-state index contributed by atoms with van der Waals surface area (Å²) in [5, 5.41) is 0.501. The Morgan fingerprint density at radius 2 is 2.10 bits per heavy atom. The molecule has 0 bridgehead atoms. The Kier molecular flexibility index (Phi) is 5.00. The number of H-pyrrole nitrogens is 1. The maximum Gasteiger partial charge on any atom is 0.310 e. The molecule has 2 rings (SSSR count). The van der Waals surface area contributed by atoms with Crippen LogP contribution >= 0.6 is 11.6 Å². The molecule has 6 heteroatoms. The third kappa shape index (κ3) is 4.10. The number of nitrogens with one attached hydrogen (secondary N) is 1. The van der Waals surface area contributed by atoms with Crippen molar-refractivity contribution in [2.75, 3.05) is 13.7 Å². The summed E-state index contributed by atoms with van der Waals surface area (Å²) in [6.07, 6.45) is 1.62. The second kappa shape index (κ2) is 6.95. The molecule has 0 aliphatic heterocycles. The second-order valence-corrected chi connectivity index (χ2v) is 4.74. The highest BCUT2D eigenvalue weighted by molar-refractivity contribution is 6.30. The van der Waals surface area contributed by atoms with Crippen LogP contribution < -0.4 is 4.74 Å². The van der Waals surface area contributed by atoms with E-state index in [4.69, 9.17) is 21.1 Å². The molecule has 0 fully saturated rings. The van der Waals surface area contributed by atoms with Crippen molar-refractivity contribution in [1.82, 2.24) is 4.98 Å². The third-order valence-electron chi connectivity index (χ3n) is 2.84. The van der Waals surface area contributed by atoms with Gasteiger partial charge in [0.15, 0.2) is 6.61 Å². The quantitative estimate of drug-likeness (QED) is 0.658. The standard InChI is InChI=1S/C15H14ClNO4/c1-20-14-5-4-11(16)7-10(14)8-15(19)21-9-13(18)12-3-2-6-17-12/h2-7,17H,8-9H2,1H3. The largest absolute Gasteiger partial charge is 0.496 e. The van der Waals surface area contributed by atoms with Gasteiger partial charge < -0.3 is 14.5 Å². The molecule has 5 nitrogen and oxygen atoms in total. The van der Waals surface area contributed by atoms with Gasteiger partial charge in [-0.2, -0.15) is 0 Å². The van der Waals surface area contributed by atoms with E-state index in [-0.39, 0.29) is 18.8 Å². The van der Waals surface area contributed by atoms with Crippen LogP contribution in [-0.4, -0.2) is 30.5 Å². The molecule has 0 aliphatic rings. The Hall–Kier alpha value is -2.27. The lowest BCUT2D eigenvalue weighted by Crippen LogP contribution is -2.16. The van der Waals surface area contributed by atoms with Gasteiger partial charge in [-0.1, -0.05) is 11.6 Å². The number of carbonyl (C=O) groups is 2. The normalized spacial score (nSPS) is 10.2. The van der Waals surface area contributed by atoms with Crippen LogP contribution in [0.3, 0.4) is 0 Å². The minimum absolute atomic E-state index is 0.0122. The number of ether oxygens (including phenoxy) is 2. The fourth-order valence-corrected chi connectivity index (χ4v) is 2.01. The highest BCUT2D eigenvalue weighted by Gasteiger charge is 2.13. The van der Waals surface area contributed by atoms with Crippen molar-refractivity contribution in [2.24, 2.45) is 0 Å². The van der Waals surface area contributed by atoms with Crippen molar-refractivity contribution in [2.45, 2.75) is 6.42 Å². The van der Waals surface area contributed by atoms with Gasteiger partial charge in [-0.15, -0.1) is 0 Å². The molecular weight excluding hydrogens is 294 g/mol.